The number of nitrogens with zero attached hydrogens (tertiary/aromatic N) is 3. The molecule has 0 amide bonds. The van der Waals surface area contributed by atoms with E-state index >= 15 is 0 Å². The number of benzene rings is 1. The monoisotopic (exact) mass is 305 g/mol. The Morgan fingerprint density at radius 1 is 1.14 bits per heavy atom. The van der Waals surface area contributed by atoms with Crippen LogP contribution in [-0.2, 0) is 22.9 Å². The first-order valence-corrected chi connectivity index (χ1v) is 8.80. The van der Waals surface area contributed by atoms with Crippen LogP contribution in [0.4, 0.5) is 0 Å². The summed E-state index contributed by atoms with van der Waals surface area (Å²) in [5.41, 5.74) is 0. The zero-order chi connectivity index (χ0) is 14.7. The largest absolute Gasteiger partial charge is 0.333 e. The molecule has 112 valence electrons. The van der Waals surface area contributed by atoms with Crippen LogP contribution in [0.2, 0.25) is 0 Å². The third kappa shape index (κ3) is 3.33. The molecule has 0 atom stereocenters. The topological polar surface area (TPSA) is 55.2 Å². The van der Waals surface area contributed by atoms with E-state index in [1.165, 1.54) is 0 Å². The van der Waals surface area contributed by atoms with Gasteiger partial charge in [-0.2, -0.15) is 0 Å². The molecule has 2 heterocycles. The molecule has 0 spiro atoms. The van der Waals surface area contributed by atoms with Gasteiger partial charge in [0, 0.05) is 25.5 Å². The Kier molecular flexibility index (Phi) is 4.07. The second-order valence-electron chi connectivity index (χ2n) is 5.30. The van der Waals surface area contributed by atoms with Crippen LogP contribution in [-0.4, -0.2) is 41.7 Å². The molecule has 0 N–H and O–H groups in total. The van der Waals surface area contributed by atoms with Crippen LogP contribution in [0.25, 0.3) is 0 Å². The lowest BCUT2D eigenvalue weighted by molar-refractivity contribution is 0.218. The Hall–Kier alpha value is -1.66. The molecule has 1 aliphatic rings. The standard InChI is InChI=1S/C15H19N3O2S/c19-21(20,14-5-2-1-3-6-14)12-4-8-17-10-11-18-9-7-16-15(18)13-17/h1-3,5-7,9H,4,8,10-13H2. The minimum Gasteiger partial charge on any atom is -0.333 e. The second-order valence-corrected chi connectivity index (χ2v) is 7.41. The van der Waals surface area contributed by atoms with E-state index in [0.717, 1.165) is 32.0 Å². The molecular weight excluding hydrogens is 286 g/mol. The van der Waals surface area contributed by atoms with Gasteiger partial charge >= 0.3 is 0 Å². The Morgan fingerprint density at radius 2 is 1.95 bits per heavy atom. The molecule has 5 nitrogen and oxygen atoms in total. The SMILES string of the molecule is O=S(=O)(CCCN1CCn2ccnc2C1)c1ccccc1. The zero-order valence-electron chi connectivity index (χ0n) is 11.9. The summed E-state index contributed by atoms with van der Waals surface area (Å²) < 4.78 is 26.5. The Labute approximate surface area is 125 Å². The predicted molar refractivity (Wildman–Crippen MR) is 80.6 cm³/mol. The number of rotatable bonds is 5. The first-order valence-electron chi connectivity index (χ1n) is 7.15. The van der Waals surface area contributed by atoms with E-state index in [1.807, 2.05) is 18.5 Å². The van der Waals surface area contributed by atoms with E-state index in [4.69, 9.17) is 0 Å². The molecule has 0 aliphatic carbocycles. The first-order chi connectivity index (χ1) is 10.1. The molecule has 21 heavy (non-hydrogen) atoms. The highest BCUT2D eigenvalue weighted by Gasteiger charge is 2.18. The van der Waals surface area contributed by atoms with Gasteiger partial charge in [-0.25, -0.2) is 13.4 Å². The lowest BCUT2D eigenvalue weighted by atomic mass is 10.3. The minimum absolute atomic E-state index is 0.196. The molecule has 1 aliphatic heterocycles. The van der Waals surface area contributed by atoms with Crippen molar-refractivity contribution >= 4 is 9.84 Å². The van der Waals surface area contributed by atoms with Crippen LogP contribution in [0.5, 0.6) is 0 Å². The molecular formula is C15H19N3O2S. The third-order valence-corrected chi connectivity index (χ3v) is 5.63. The Bertz CT molecular complexity index is 695. The molecule has 0 fully saturated rings. The van der Waals surface area contributed by atoms with E-state index < -0.39 is 9.84 Å². The van der Waals surface area contributed by atoms with Crippen LogP contribution in [0.15, 0.2) is 47.6 Å². The van der Waals surface area contributed by atoms with Gasteiger partial charge in [0.15, 0.2) is 9.84 Å². The van der Waals surface area contributed by atoms with Gasteiger partial charge in [0.05, 0.1) is 17.2 Å². The summed E-state index contributed by atoms with van der Waals surface area (Å²) in [5, 5.41) is 0. The molecule has 6 heteroatoms. The molecule has 0 radical (unpaired) electrons. The molecule has 0 unspecified atom stereocenters. The number of imidazole rings is 1. The number of aromatic nitrogens is 2. The molecule has 0 saturated heterocycles. The maximum atomic E-state index is 12.2. The van der Waals surface area contributed by atoms with Crippen LogP contribution < -0.4 is 0 Å². The smallest absolute Gasteiger partial charge is 0.178 e. The van der Waals surface area contributed by atoms with Gasteiger partial charge in [-0.1, -0.05) is 18.2 Å². The highest BCUT2D eigenvalue weighted by atomic mass is 32.2. The van der Waals surface area contributed by atoms with Gasteiger partial charge in [-0.05, 0) is 25.1 Å². The maximum absolute atomic E-state index is 12.2. The van der Waals surface area contributed by atoms with Gasteiger partial charge in [-0.15, -0.1) is 0 Å². The van der Waals surface area contributed by atoms with Crippen molar-refractivity contribution in [3.05, 3.63) is 48.5 Å². The summed E-state index contributed by atoms with van der Waals surface area (Å²) in [6.07, 6.45) is 4.46. The van der Waals surface area contributed by atoms with Crippen molar-refractivity contribution < 1.29 is 8.42 Å². The van der Waals surface area contributed by atoms with E-state index in [0.29, 0.717) is 11.3 Å². The maximum Gasteiger partial charge on any atom is 0.178 e. The van der Waals surface area contributed by atoms with Gasteiger partial charge < -0.3 is 4.57 Å². The quantitative estimate of drug-likeness (QED) is 0.841. The van der Waals surface area contributed by atoms with E-state index in [2.05, 4.69) is 14.5 Å². The number of fused-ring (bicyclic) bond motifs is 1. The number of hydrogen-bond donors (Lipinski definition) is 0. The first kappa shape index (κ1) is 14.3. The average Bonchev–Trinajstić information content (AvgIpc) is 2.95. The summed E-state index contributed by atoms with van der Waals surface area (Å²) in [7, 11) is -3.16. The van der Waals surface area contributed by atoms with Crippen LogP contribution >= 0.6 is 0 Å². The summed E-state index contributed by atoms with van der Waals surface area (Å²) in [6, 6.07) is 8.67. The highest BCUT2D eigenvalue weighted by Crippen LogP contribution is 2.13. The van der Waals surface area contributed by atoms with Gasteiger partial charge in [-0.3, -0.25) is 4.90 Å². The number of sulfone groups is 1. The van der Waals surface area contributed by atoms with Gasteiger partial charge in [0.25, 0.3) is 0 Å². The molecule has 1 aromatic carbocycles. The van der Waals surface area contributed by atoms with Crippen LogP contribution in [0.1, 0.15) is 12.2 Å². The highest BCUT2D eigenvalue weighted by molar-refractivity contribution is 7.91. The fourth-order valence-corrected chi connectivity index (χ4v) is 3.95. The fraction of sp³-hybridized carbons (Fsp3) is 0.400. The molecule has 3 rings (SSSR count). The number of hydrogen-bond acceptors (Lipinski definition) is 4. The van der Waals surface area contributed by atoms with Crippen molar-refractivity contribution in [1.29, 1.82) is 0 Å². The van der Waals surface area contributed by atoms with Gasteiger partial charge in [0.1, 0.15) is 5.82 Å². The second kappa shape index (κ2) is 5.99. The predicted octanol–water partition coefficient (Wildman–Crippen LogP) is 1.56. The molecule has 0 saturated carbocycles. The summed E-state index contributed by atoms with van der Waals surface area (Å²) in [4.78, 5) is 7.00. The zero-order valence-corrected chi connectivity index (χ0v) is 12.7. The van der Waals surface area contributed by atoms with Crippen LogP contribution in [0.3, 0.4) is 0 Å². The van der Waals surface area contributed by atoms with Gasteiger partial charge in [0.2, 0.25) is 0 Å². The summed E-state index contributed by atoms with van der Waals surface area (Å²) in [6.45, 7) is 3.48. The molecule has 1 aromatic heterocycles. The normalized spacial score (nSPS) is 15.8. The van der Waals surface area contributed by atoms with Crippen molar-refractivity contribution in [2.75, 3.05) is 18.8 Å². The van der Waals surface area contributed by atoms with Crippen molar-refractivity contribution in [3.63, 3.8) is 0 Å². The van der Waals surface area contributed by atoms with E-state index in [-0.39, 0.29) is 5.75 Å². The molecule has 0 bridgehead atoms. The fourth-order valence-electron chi connectivity index (χ4n) is 2.64. The summed E-state index contributed by atoms with van der Waals surface area (Å²) >= 11 is 0. The lowest BCUT2D eigenvalue weighted by Gasteiger charge is -2.27. The lowest BCUT2D eigenvalue weighted by Crippen LogP contribution is -2.34. The van der Waals surface area contributed by atoms with Crippen molar-refractivity contribution in [1.82, 2.24) is 14.5 Å². The third-order valence-electron chi connectivity index (χ3n) is 3.81. The Morgan fingerprint density at radius 3 is 2.76 bits per heavy atom. The average molecular weight is 305 g/mol. The van der Waals surface area contributed by atoms with Crippen LogP contribution in [0, 0.1) is 0 Å². The Balaban J connectivity index is 1.53. The molecule has 2 aromatic rings. The minimum atomic E-state index is -3.16. The summed E-state index contributed by atoms with van der Waals surface area (Å²) in [5.74, 6) is 1.26. The van der Waals surface area contributed by atoms with Crippen molar-refractivity contribution in [2.24, 2.45) is 0 Å². The van der Waals surface area contributed by atoms with E-state index in [1.54, 1.807) is 24.3 Å². The van der Waals surface area contributed by atoms with Crippen molar-refractivity contribution in [2.45, 2.75) is 24.4 Å². The van der Waals surface area contributed by atoms with E-state index in [9.17, 15) is 8.42 Å². The van der Waals surface area contributed by atoms with Crippen molar-refractivity contribution in [3.8, 4) is 0 Å².